The average molecular weight is 199 g/mol. The molecule has 0 radical (unpaired) electrons. The second-order valence-electron chi connectivity index (χ2n) is 4.58. The van der Waals surface area contributed by atoms with Crippen LogP contribution in [0.2, 0.25) is 0 Å². The molecule has 0 aromatic carbocycles. The summed E-state index contributed by atoms with van der Waals surface area (Å²) in [6, 6.07) is 0.626. The third kappa shape index (κ3) is 2.71. The quantitative estimate of drug-likeness (QED) is 0.688. The van der Waals surface area contributed by atoms with Gasteiger partial charge in [0.05, 0.1) is 0 Å². The van der Waals surface area contributed by atoms with Crippen molar-refractivity contribution >= 4 is 0 Å². The lowest BCUT2D eigenvalue weighted by atomic mass is 10.0. The highest BCUT2D eigenvalue weighted by Crippen LogP contribution is 2.30. The first-order valence-corrected chi connectivity index (χ1v) is 6.14. The van der Waals surface area contributed by atoms with Crippen molar-refractivity contribution in [1.29, 1.82) is 0 Å². The van der Waals surface area contributed by atoms with E-state index in [0.29, 0.717) is 6.04 Å². The van der Waals surface area contributed by atoms with Crippen LogP contribution in [0.5, 0.6) is 0 Å². The third-order valence-electron chi connectivity index (χ3n) is 3.54. The van der Waals surface area contributed by atoms with E-state index in [-0.39, 0.29) is 6.23 Å². The number of rotatable bonds is 5. The molecule has 3 unspecified atom stereocenters. The van der Waals surface area contributed by atoms with Gasteiger partial charge in [0, 0.05) is 6.04 Å². The summed E-state index contributed by atoms with van der Waals surface area (Å²) in [5, 5.41) is 10.0. The predicted octanol–water partition coefficient (Wildman–Crippen LogP) is 2.62. The molecule has 0 aromatic rings. The summed E-state index contributed by atoms with van der Waals surface area (Å²) in [4.78, 5) is 2.29. The van der Waals surface area contributed by atoms with Crippen molar-refractivity contribution in [2.45, 2.75) is 65.1 Å². The first-order chi connectivity index (χ1) is 6.70. The molecule has 1 N–H and O–H groups in total. The Morgan fingerprint density at radius 3 is 2.50 bits per heavy atom. The van der Waals surface area contributed by atoms with Gasteiger partial charge in [0.2, 0.25) is 0 Å². The molecule has 0 heterocycles. The molecule has 3 atom stereocenters. The Morgan fingerprint density at radius 1 is 1.36 bits per heavy atom. The monoisotopic (exact) mass is 199 g/mol. The van der Waals surface area contributed by atoms with Crippen LogP contribution in [-0.2, 0) is 0 Å². The van der Waals surface area contributed by atoms with E-state index in [4.69, 9.17) is 0 Å². The van der Waals surface area contributed by atoms with Crippen molar-refractivity contribution in [2.24, 2.45) is 5.92 Å². The molecular formula is C12H25NO. The maximum absolute atomic E-state index is 10.0. The van der Waals surface area contributed by atoms with E-state index in [1.807, 2.05) is 0 Å². The number of aliphatic hydroxyl groups excluding tert-OH is 1. The molecule has 2 heteroatoms. The second kappa shape index (κ2) is 5.72. The van der Waals surface area contributed by atoms with Crippen molar-refractivity contribution in [3.05, 3.63) is 0 Å². The minimum absolute atomic E-state index is 0.212. The lowest BCUT2D eigenvalue weighted by Crippen LogP contribution is -2.44. The molecule has 0 bridgehead atoms. The van der Waals surface area contributed by atoms with Crippen LogP contribution in [0.15, 0.2) is 0 Å². The molecular weight excluding hydrogens is 174 g/mol. The summed E-state index contributed by atoms with van der Waals surface area (Å²) in [5.41, 5.74) is 0. The third-order valence-corrected chi connectivity index (χ3v) is 3.54. The Morgan fingerprint density at radius 2 is 2.07 bits per heavy atom. The molecule has 14 heavy (non-hydrogen) atoms. The number of hydrogen-bond donors (Lipinski definition) is 1. The second-order valence-corrected chi connectivity index (χ2v) is 4.58. The summed E-state index contributed by atoms with van der Waals surface area (Å²) in [6.45, 7) is 7.59. The van der Waals surface area contributed by atoms with Gasteiger partial charge in [-0.15, -0.1) is 0 Å². The van der Waals surface area contributed by atoms with E-state index in [9.17, 15) is 5.11 Å². The van der Waals surface area contributed by atoms with Crippen LogP contribution in [0.4, 0.5) is 0 Å². The van der Waals surface area contributed by atoms with Gasteiger partial charge in [-0.2, -0.15) is 0 Å². The van der Waals surface area contributed by atoms with Crippen LogP contribution in [-0.4, -0.2) is 28.8 Å². The molecule has 1 aliphatic carbocycles. The van der Waals surface area contributed by atoms with Crippen LogP contribution in [0, 0.1) is 5.92 Å². The smallest absolute Gasteiger partial charge is 0.107 e. The van der Waals surface area contributed by atoms with Gasteiger partial charge in [0.1, 0.15) is 6.23 Å². The first-order valence-electron chi connectivity index (χ1n) is 6.14. The number of aliphatic hydroxyl groups is 1. The maximum Gasteiger partial charge on any atom is 0.107 e. The zero-order valence-corrected chi connectivity index (χ0v) is 9.87. The topological polar surface area (TPSA) is 23.5 Å². The zero-order valence-electron chi connectivity index (χ0n) is 9.87. The molecule has 1 fully saturated rings. The minimum atomic E-state index is -0.212. The van der Waals surface area contributed by atoms with Gasteiger partial charge < -0.3 is 5.11 Å². The lowest BCUT2D eigenvalue weighted by molar-refractivity contribution is -0.0352. The molecule has 1 saturated carbocycles. The molecule has 84 valence electrons. The van der Waals surface area contributed by atoms with E-state index in [2.05, 4.69) is 25.7 Å². The van der Waals surface area contributed by atoms with Gasteiger partial charge in [-0.1, -0.05) is 33.6 Å². The Balaban J connectivity index is 2.51. The van der Waals surface area contributed by atoms with Crippen molar-refractivity contribution in [1.82, 2.24) is 4.90 Å². The highest BCUT2D eigenvalue weighted by atomic mass is 16.3. The molecule has 0 aliphatic heterocycles. The lowest BCUT2D eigenvalue weighted by Gasteiger charge is -2.34. The molecule has 0 aromatic heterocycles. The first kappa shape index (κ1) is 12.0. The van der Waals surface area contributed by atoms with E-state index in [1.54, 1.807) is 0 Å². The Bertz CT molecular complexity index is 160. The van der Waals surface area contributed by atoms with Crippen molar-refractivity contribution < 1.29 is 5.11 Å². The number of hydrogen-bond acceptors (Lipinski definition) is 2. The van der Waals surface area contributed by atoms with Gasteiger partial charge in [-0.25, -0.2) is 0 Å². The van der Waals surface area contributed by atoms with Crippen LogP contribution in [0.1, 0.15) is 52.9 Å². The van der Waals surface area contributed by atoms with Crippen LogP contribution >= 0.6 is 0 Å². The Kier molecular flexibility index (Phi) is 4.90. The Hall–Kier alpha value is -0.0800. The molecule has 1 aliphatic rings. The summed E-state index contributed by atoms with van der Waals surface area (Å²) in [6.07, 6.45) is 5.71. The summed E-state index contributed by atoms with van der Waals surface area (Å²) in [5.74, 6) is 0.765. The van der Waals surface area contributed by atoms with Gasteiger partial charge in [-0.05, 0) is 31.7 Å². The predicted molar refractivity (Wildman–Crippen MR) is 60.1 cm³/mol. The fourth-order valence-electron chi connectivity index (χ4n) is 2.71. The molecule has 0 spiro atoms. The maximum atomic E-state index is 10.0. The van der Waals surface area contributed by atoms with Crippen molar-refractivity contribution in [2.75, 3.05) is 6.54 Å². The summed E-state index contributed by atoms with van der Waals surface area (Å²) in [7, 11) is 0. The fraction of sp³-hybridized carbons (Fsp3) is 1.00. The average Bonchev–Trinajstić information content (AvgIpc) is 2.54. The van der Waals surface area contributed by atoms with E-state index in [1.165, 1.54) is 19.3 Å². The highest BCUT2D eigenvalue weighted by Gasteiger charge is 2.31. The van der Waals surface area contributed by atoms with Crippen LogP contribution in [0.3, 0.4) is 0 Å². The molecule has 0 saturated heterocycles. The number of nitrogens with zero attached hydrogens (tertiary/aromatic N) is 1. The summed E-state index contributed by atoms with van der Waals surface area (Å²) < 4.78 is 0. The van der Waals surface area contributed by atoms with Gasteiger partial charge in [0.25, 0.3) is 0 Å². The van der Waals surface area contributed by atoms with Crippen molar-refractivity contribution in [3.8, 4) is 0 Å². The summed E-state index contributed by atoms with van der Waals surface area (Å²) >= 11 is 0. The SMILES string of the molecule is CCCC(O)N(CC)C1CCCC1C. The molecule has 0 amide bonds. The zero-order chi connectivity index (χ0) is 10.6. The van der Waals surface area contributed by atoms with E-state index < -0.39 is 0 Å². The molecule has 1 rings (SSSR count). The molecule has 2 nitrogen and oxygen atoms in total. The normalized spacial score (nSPS) is 29.8. The highest BCUT2D eigenvalue weighted by molar-refractivity contribution is 4.83. The van der Waals surface area contributed by atoms with Gasteiger partial charge in [-0.3, -0.25) is 4.90 Å². The van der Waals surface area contributed by atoms with Crippen LogP contribution in [0.25, 0.3) is 0 Å². The minimum Gasteiger partial charge on any atom is -0.378 e. The van der Waals surface area contributed by atoms with Gasteiger partial charge >= 0.3 is 0 Å². The standard InChI is InChI=1S/C12H25NO/c1-4-7-12(14)13(5-2)11-9-6-8-10(11)3/h10-12,14H,4-9H2,1-3H3. The van der Waals surface area contributed by atoms with Crippen molar-refractivity contribution in [3.63, 3.8) is 0 Å². The van der Waals surface area contributed by atoms with Gasteiger partial charge in [0.15, 0.2) is 0 Å². The van der Waals surface area contributed by atoms with E-state index >= 15 is 0 Å². The fourth-order valence-corrected chi connectivity index (χ4v) is 2.71. The Labute approximate surface area is 88.3 Å². The van der Waals surface area contributed by atoms with Crippen LogP contribution < -0.4 is 0 Å². The van der Waals surface area contributed by atoms with E-state index in [0.717, 1.165) is 25.3 Å². The largest absolute Gasteiger partial charge is 0.378 e.